The van der Waals surface area contributed by atoms with E-state index in [4.69, 9.17) is 4.74 Å². The van der Waals surface area contributed by atoms with Crippen LogP contribution in [0.1, 0.15) is 79.5 Å². The number of aromatic hydroxyl groups is 1. The van der Waals surface area contributed by atoms with E-state index in [1.807, 2.05) is 54.3 Å². The summed E-state index contributed by atoms with van der Waals surface area (Å²) in [5.41, 5.74) is 3.64. The Morgan fingerprint density at radius 2 is 1.60 bits per heavy atom. The summed E-state index contributed by atoms with van der Waals surface area (Å²) in [5, 5.41) is 10.5. The number of benzene rings is 3. The quantitative estimate of drug-likeness (QED) is 0.176. The molecule has 0 radical (unpaired) electrons. The molecule has 8 nitrogen and oxygen atoms in total. The van der Waals surface area contributed by atoms with Gasteiger partial charge in [0.2, 0.25) is 0 Å². The highest BCUT2D eigenvalue weighted by Crippen LogP contribution is 2.35. The average Bonchev–Trinajstić information content (AvgIpc) is 3.07. The molecule has 1 amide bonds. The number of rotatable bonds is 13. The van der Waals surface area contributed by atoms with Gasteiger partial charge >= 0.3 is 5.97 Å². The molecule has 5 rings (SSSR count). The van der Waals surface area contributed by atoms with Gasteiger partial charge in [-0.2, -0.15) is 0 Å². The predicted octanol–water partition coefficient (Wildman–Crippen LogP) is 6.10. The van der Waals surface area contributed by atoms with Crippen molar-refractivity contribution in [2.75, 3.05) is 52.4 Å². The molecule has 3 atom stereocenters. The van der Waals surface area contributed by atoms with Crippen LogP contribution < -0.4 is 0 Å². The topological polar surface area (TPSA) is 76.6 Å². The van der Waals surface area contributed by atoms with Gasteiger partial charge in [-0.1, -0.05) is 42.8 Å². The van der Waals surface area contributed by atoms with Gasteiger partial charge in [-0.25, -0.2) is 4.39 Å². The Hall–Kier alpha value is -3.79. The van der Waals surface area contributed by atoms with Gasteiger partial charge in [0.05, 0.1) is 12.6 Å². The molecule has 3 aromatic carbocycles. The molecule has 0 aliphatic carbocycles. The van der Waals surface area contributed by atoms with Crippen LogP contribution in [0, 0.1) is 5.82 Å². The molecule has 48 heavy (non-hydrogen) atoms. The van der Waals surface area contributed by atoms with E-state index in [0.29, 0.717) is 38.2 Å². The smallest absolute Gasteiger partial charge is 0.305 e. The maximum atomic E-state index is 13.9. The van der Waals surface area contributed by atoms with Crippen LogP contribution >= 0.6 is 0 Å². The Morgan fingerprint density at radius 1 is 0.875 bits per heavy atom. The number of esters is 1. The molecule has 3 aromatic rings. The molecule has 9 heteroatoms. The number of phenols is 1. The maximum absolute atomic E-state index is 13.9. The molecule has 2 fully saturated rings. The van der Waals surface area contributed by atoms with E-state index in [0.717, 1.165) is 68.7 Å². The minimum atomic E-state index is -0.216. The first-order chi connectivity index (χ1) is 23.2. The van der Waals surface area contributed by atoms with E-state index in [9.17, 15) is 19.1 Å². The Labute approximate surface area is 285 Å². The number of nitrogens with zero attached hydrogens (tertiary/aromatic N) is 4. The van der Waals surface area contributed by atoms with Crippen molar-refractivity contribution >= 4 is 11.9 Å². The second kappa shape index (κ2) is 17.0. The number of carbonyl (C=O) groups is 2. The van der Waals surface area contributed by atoms with Crippen LogP contribution in [0.4, 0.5) is 4.39 Å². The third-order valence-electron chi connectivity index (χ3n) is 9.72. The lowest BCUT2D eigenvalue weighted by Gasteiger charge is -2.47. The summed E-state index contributed by atoms with van der Waals surface area (Å²) in [6.45, 7) is 13.0. The van der Waals surface area contributed by atoms with E-state index in [2.05, 4.69) is 34.6 Å². The molecule has 0 spiro atoms. The molecule has 2 aliphatic heterocycles. The molecule has 0 saturated carbocycles. The molecule has 258 valence electrons. The Bertz CT molecular complexity index is 1510. The van der Waals surface area contributed by atoms with Crippen LogP contribution in [0.25, 0.3) is 0 Å². The fourth-order valence-electron chi connectivity index (χ4n) is 7.16. The minimum absolute atomic E-state index is 0.0434. The number of carbonyl (C=O) groups excluding carboxylic acids is 2. The Balaban J connectivity index is 1.24. The zero-order chi connectivity index (χ0) is 34.0. The van der Waals surface area contributed by atoms with Gasteiger partial charge in [0.15, 0.2) is 0 Å². The summed E-state index contributed by atoms with van der Waals surface area (Å²) >= 11 is 0. The number of hydrogen-bond donors (Lipinski definition) is 1. The van der Waals surface area contributed by atoms with Crippen molar-refractivity contribution in [1.82, 2.24) is 19.6 Å². The maximum Gasteiger partial charge on any atom is 0.305 e. The normalized spacial score (nSPS) is 20.0. The van der Waals surface area contributed by atoms with Crippen LogP contribution in [0.15, 0.2) is 72.8 Å². The molecular weight excluding hydrogens is 607 g/mol. The molecule has 0 unspecified atom stereocenters. The predicted molar refractivity (Wildman–Crippen MR) is 186 cm³/mol. The highest BCUT2D eigenvalue weighted by molar-refractivity contribution is 5.94. The van der Waals surface area contributed by atoms with Gasteiger partial charge in [-0.3, -0.25) is 24.3 Å². The van der Waals surface area contributed by atoms with Gasteiger partial charge in [0.25, 0.3) is 5.91 Å². The molecule has 2 aliphatic rings. The van der Waals surface area contributed by atoms with Crippen LogP contribution in [-0.4, -0.2) is 101 Å². The molecule has 0 aromatic heterocycles. The number of unbranched alkanes of at least 4 members (excludes halogenated alkanes) is 2. The van der Waals surface area contributed by atoms with E-state index in [1.54, 1.807) is 18.2 Å². The van der Waals surface area contributed by atoms with Crippen molar-refractivity contribution in [3.05, 3.63) is 101 Å². The van der Waals surface area contributed by atoms with Crippen molar-refractivity contribution in [1.29, 1.82) is 0 Å². The lowest BCUT2D eigenvalue weighted by molar-refractivity contribution is -0.143. The van der Waals surface area contributed by atoms with Gasteiger partial charge in [0, 0.05) is 69.9 Å². The lowest BCUT2D eigenvalue weighted by atomic mass is 9.92. The monoisotopic (exact) mass is 658 g/mol. The second-order valence-electron chi connectivity index (χ2n) is 13.3. The largest absolute Gasteiger partial charge is 0.508 e. The van der Waals surface area contributed by atoms with Crippen molar-refractivity contribution in [3.63, 3.8) is 0 Å². The molecular formula is C39H51FN4O4. The van der Waals surface area contributed by atoms with Gasteiger partial charge in [0.1, 0.15) is 11.6 Å². The number of ether oxygens (including phenoxy) is 1. The summed E-state index contributed by atoms with van der Waals surface area (Å²) in [7, 11) is 0. The zero-order valence-corrected chi connectivity index (χ0v) is 28.7. The zero-order valence-electron chi connectivity index (χ0n) is 28.7. The van der Waals surface area contributed by atoms with Crippen molar-refractivity contribution < 1.29 is 23.8 Å². The van der Waals surface area contributed by atoms with Crippen LogP contribution in [0.5, 0.6) is 5.75 Å². The lowest BCUT2D eigenvalue weighted by Crippen LogP contribution is -2.56. The first-order valence-electron chi connectivity index (χ1n) is 17.5. The fourth-order valence-corrected chi connectivity index (χ4v) is 7.16. The van der Waals surface area contributed by atoms with Crippen molar-refractivity contribution in [2.24, 2.45) is 0 Å². The van der Waals surface area contributed by atoms with Gasteiger partial charge in [-0.05, 0) is 93.2 Å². The first kappa shape index (κ1) is 35.5. The minimum Gasteiger partial charge on any atom is -0.508 e. The Morgan fingerprint density at radius 3 is 2.33 bits per heavy atom. The van der Waals surface area contributed by atoms with E-state index in [-0.39, 0.29) is 41.6 Å². The van der Waals surface area contributed by atoms with Gasteiger partial charge < -0.3 is 14.7 Å². The molecule has 2 saturated heterocycles. The number of phenolic OH excluding ortho intramolecular Hbond substituents is 1. The van der Waals surface area contributed by atoms with E-state index in [1.165, 1.54) is 6.07 Å². The summed E-state index contributed by atoms with van der Waals surface area (Å²) in [6, 6.07) is 22.5. The standard InChI is InChI=1S/C39H51FN4O4/c1-4-48-37(46)17-6-5-7-18-41-19-21-42(22-20-41)39(47)34-14-9-12-32(24-34)38(33-13-10-16-36(45)25-33)44-27-29(2)43(26-30(44)3)28-31-11-8-15-35(40)23-31/h8-16,23-25,29-30,38,45H,4-7,17-22,26-28H2,1-3H3/t29-,30+,38-/m1/s1. The average molecular weight is 659 g/mol. The highest BCUT2D eigenvalue weighted by atomic mass is 19.1. The van der Waals surface area contributed by atoms with Gasteiger partial charge in [-0.15, -0.1) is 0 Å². The van der Waals surface area contributed by atoms with Crippen molar-refractivity contribution in [2.45, 2.75) is 71.1 Å². The van der Waals surface area contributed by atoms with Crippen LogP contribution in [0.2, 0.25) is 0 Å². The Kier molecular flexibility index (Phi) is 12.6. The summed E-state index contributed by atoms with van der Waals surface area (Å²) in [4.78, 5) is 34.6. The summed E-state index contributed by atoms with van der Waals surface area (Å²) in [6.07, 6.45) is 3.35. The summed E-state index contributed by atoms with van der Waals surface area (Å²) < 4.78 is 18.9. The SMILES string of the molecule is CCOC(=O)CCCCCN1CCN(C(=O)c2cccc([C@H](c3cccc(O)c3)N3C[C@@H](C)N(Cc4cccc(F)c4)C[C@@H]3C)c2)CC1. The first-order valence-corrected chi connectivity index (χ1v) is 17.5. The van der Waals surface area contributed by atoms with Crippen molar-refractivity contribution in [3.8, 4) is 5.75 Å². The van der Waals surface area contributed by atoms with E-state index < -0.39 is 0 Å². The van der Waals surface area contributed by atoms with E-state index >= 15 is 0 Å². The third-order valence-corrected chi connectivity index (χ3v) is 9.72. The number of hydrogen-bond acceptors (Lipinski definition) is 7. The molecule has 0 bridgehead atoms. The molecule has 1 N–H and O–H groups in total. The summed E-state index contributed by atoms with van der Waals surface area (Å²) in [5.74, 6) is -0.0771. The van der Waals surface area contributed by atoms with Crippen LogP contribution in [-0.2, 0) is 16.1 Å². The number of amides is 1. The third kappa shape index (κ3) is 9.43. The highest BCUT2D eigenvalue weighted by Gasteiger charge is 2.35. The second-order valence-corrected chi connectivity index (χ2v) is 13.3. The number of halogens is 1. The van der Waals surface area contributed by atoms with Crippen LogP contribution in [0.3, 0.4) is 0 Å². The molecule has 2 heterocycles. The fraction of sp³-hybridized carbons (Fsp3) is 0.487. The number of piperazine rings is 2.